The number of furan rings is 1. The van der Waals surface area contributed by atoms with Crippen LogP contribution in [-0.2, 0) is 11.2 Å². The lowest BCUT2D eigenvalue weighted by Gasteiger charge is -2.36. The fourth-order valence-electron chi connectivity index (χ4n) is 4.07. The van der Waals surface area contributed by atoms with Gasteiger partial charge in [0.15, 0.2) is 5.96 Å². The van der Waals surface area contributed by atoms with Gasteiger partial charge < -0.3 is 24.7 Å². The highest BCUT2D eigenvalue weighted by molar-refractivity contribution is 6.33. The summed E-state index contributed by atoms with van der Waals surface area (Å²) in [6.07, 6.45) is 5.88. The molecule has 2 aromatic rings. The van der Waals surface area contributed by atoms with Crippen molar-refractivity contribution in [2.24, 2.45) is 10.9 Å². The number of hydrogen-bond acceptors (Lipinski definition) is 4. The molecule has 0 saturated carbocycles. The van der Waals surface area contributed by atoms with Crippen LogP contribution in [0.25, 0.3) is 0 Å². The lowest BCUT2D eigenvalue weighted by molar-refractivity contribution is 0.187. The zero-order valence-electron chi connectivity index (χ0n) is 17.4. The molecule has 2 N–H and O–H groups in total. The van der Waals surface area contributed by atoms with Gasteiger partial charge in [-0.3, -0.25) is 4.99 Å². The third kappa shape index (κ3) is 5.92. The van der Waals surface area contributed by atoms with Crippen molar-refractivity contribution in [3.8, 4) is 0 Å². The Labute approximate surface area is 183 Å². The summed E-state index contributed by atoms with van der Waals surface area (Å²) in [6.45, 7) is 5.17. The number of rotatable bonds is 7. The molecule has 0 amide bonds. The van der Waals surface area contributed by atoms with Gasteiger partial charge >= 0.3 is 0 Å². The van der Waals surface area contributed by atoms with E-state index >= 15 is 0 Å². The summed E-state index contributed by atoms with van der Waals surface area (Å²) in [5.41, 5.74) is 1.11. The molecule has 2 saturated heterocycles. The molecule has 6 nitrogen and oxygen atoms in total. The second-order valence-corrected chi connectivity index (χ2v) is 8.46. The minimum absolute atomic E-state index is 0.324. The van der Waals surface area contributed by atoms with Crippen molar-refractivity contribution < 1.29 is 9.15 Å². The molecule has 30 heavy (non-hydrogen) atoms. The lowest BCUT2D eigenvalue weighted by Crippen LogP contribution is -2.51. The topological polar surface area (TPSA) is 62.0 Å². The minimum atomic E-state index is 0.324. The maximum Gasteiger partial charge on any atom is 0.191 e. The number of anilines is 1. The molecule has 0 spiro atoms. The van der Waals surface area contributed by atoms with Crippen LogP contribution in [0.2, 0.25) is 5.02 Å². The summed E-state index contributed by atoms with van der Waals surface area (Å²) in [5, 5.41) is 7.96. The lowest BCUT2D eigenvalue weighted by atomic mass is 10.0. The van der Waals surface area contributed by atoms with E-state index in [1.54, 1.807) is 6.26 Å². The SMILES string of the molecule is Clc1ccccc1N1CCCC(NC(=NCC2CCOC2)NCCc2ccco2)C1. The first-order valence-corrected chi connectivity index (χ1v) is 11.3. The van der Waals surface area contributed by atoms with Gasteiger partial charge in [-0.15, -0.1) is 0 Å². The molecule has 2 aliphatic rings. The van der Waals surface area contributed by atoms with Gasteiger partial charge in [0, 0.05) is 51.2 Å². The highest BCUT2D eigenvalue weighted by Crippen LogP contribution is 2.27. The molecular formula is C23H31ClN4O2. The predicted octanol–water partition coefficient (Wildman–Crippen LogP) is 3.72. The number of piperidine rings is 1. The van der Waals surface area contributed by atoms with Crippen LogP contribution >= 0.6 is 11.6 Å². The summed E-state index contributed by atoms with van der Waals surface area (Å²) >= 11 is 6.43. The largest absolute Gasteiger partial charge is 0.469 e. The molecule has 2 aliphatic heterocycles. The molecule has 1 aromatic heterocycles. The summed E-state index contributed by atoms with van der Waals surface area (Å²) in [5.74, 6) is 2.37. The molecule has 0 radical (unpaired) electrons. The number of benzene rings is 1. The smallest absolute Gasteiger partial charge is 0.191 e. The summed E-state index contributed by atoms with van der Waals surface area (Å²) < 4.78 is 10.9. The standard InChI is InChI=1S/C23H31ClN4O2/c24-21-7-1-2-8-22(21)28-12-3-5-19(16-28)27-23(26-15-18-10-14-29-17-18)25-11-9-20-6-4-13-30-20/h1-2,4,6-8,13,18-19H,3,5,9-12,14-17H2,(H2,25,26,27). The van der Waals surface area contributed by atoms with Gasteiger partial charge in [0.25, 0.3) is 0 Å². The number of nitrogens with zero attached hydrogens (tertiary/aromatic N) is 2. The molecule has 2 unspecified atom stereocenters. The molecular weight excluding hydrogens is 400 g/mol. The normalized spacial score (nSPS) is 22.3. The number of ether oxygens (including phenoxy) is 1. The van der Waals surface area contributed by atoms with E-state index in [9.17, 15) is 0 Å². The van der Waals surface area contributed by atoms with E-state index in [1.807, 2.05) is 30.3 Å². The average molecular weight is 431 g/mol. The Balaban J connectivity index is 1.36. The Kier molecular flexibility index (Phi) is 7.54. The summed E-state index contributed by atoms with van der Waals surface area (Å²) in [7, 11) is 0. The van der Waals surface area contributed by atoms with Crippen molar-refractivity contribution in [1.82, 2.24) is 10.6 Å². The van der Waals surface area contributed by atoms with Crippen molar-refractivity contribution in [3.05, 3.63) is 53.4 Å². The van der Waals surface area contributed by atoms with E-state index < -0.39 is 0 Å². The van der Waals surface area contributed by atoms with E-state index in [0.29, 0.717) is 12.0 Å². The number of para-hydroxylation sites is 1. The minimum Gasteiger partial charge on any atom is -0.469 e. The van der Waals surface area contributed by atoms with Gasteiger partial charge in [0.1, 0.15) is 5.76 Å². The van der Waals surface area contributed by atoms with Crippen LogP contribution in [-0.4, -0.2) is 51.4 Å². The quantitative estimate of drug-likeness (QED) is 0.518. The Morgan fingerprint density at radius 3 is 2.93 bits per heavy atom. The molecule has 2 atom stereocenters. The third-order valence-electron chi connectivity index (χ3n) is 5.73. The Hall–Kier alpha value is -2.18. The van der Waals surface area contributed by atoms with E-state index in [-0.39, 0.29) is 0 Å². The fourth-order valence-corrected chi connectivity index (χ4v) is 4.33. The fraction of sp³-hybridized carbons (Fsp3) is 0.522. The monoisotopic (exact) mass is 430 g/mol. The van der Waals surface area contributed by atoms with Crippen LogP contribution in [0.15, 0.2) is 52.1 Å². The molecule has 7 heteroatoms. The van der Waals surface area contributed by atoms with E-state index in [1.165, 1.54) is 0 Å². The first-order chi connectivity index (χ1) is 14.8. The van der Waals surface area contributed by atoms with Crippen molar-refractivity contribution >= 4 is 23.2 Å². The molecule has 162 valence electrons. The van der Waals surface area contributed by atoms with Gasteiger partial charge in [-0.2, -0.15) is 0 Å². The Morgan fingerprint density at radius 2 is 2.13 bits per heavy atom. The number of aliphatic imine (C=N–C) groups is 1. The second-order valence-electron chi connectivity index (χ2n) is 8.06. The van der Waals surface area contributed by atoms with Crippen LogP contribution in [0.1, 0.15) is 25.0 Å². The van der Waals surface area contributed by atoms with Gasteiger partial charge in [-0.05, 0) is 43.5 Å². The first kappa shape index (κ1) is 21.1. The molecule has 0 bridgehead atoms. The molecule has 2 fully saturated rings. The highest BCUT2D eigenvalue weighted by atomic mass is 35.5. The summed E-state index contributed by atoms with van der Waals surface area (Å²) in [4.78, 5) is 7.24. The number of guanidine groups is 1. The highest BCUT2D eigenvalue weighted by Gasteiger charge is 2.23. The van der Waals surface area contributed by atoms with Gasteiger partial charge in [-0.1, -0.05) is 23.7 Å². The predicted molar refractivity (Wildman–Crippen MR) is 121 cm³/mol. The van der Waals surface area contributed by atoms with Gasteiger partial charge in [0.2, 0.25) is 0 Å². The maximum atomic E-state index is 6.43. The van der Waals surface area contributed by atoms with Crippen molar-refractivity contribution in [3.63, 3.8) is 0 Å². The zero-order chi connectivity index (χ0) is 20.6. The van der Waals surface area contributed by atoms with Crippen LogP contribution < -0.4 is 15.5 Å². The first-order valence-electron chi connectivity index (χ1n) is 10.9. The van der Waals surface area contributed by atoms with Crippen LogP contribution in [0.4, 0.5) is 5.69 Å². The zero-order valence-corrected chi connectivity index (χ0v) is 18.1. The Morgan fingerprint density at radius 1 is 1.20 bits per heavy atom. The van der Waals surface area contributed by atoms with E-state index in [2.05, 4.69) is 21.6 Å². The number of halogens is 1. The average Bonchev–Trinajstić information content (AvgIpc) is 3.47. The number of nitrogens with one attached hydrogen (secondary N) is 2. The van der Waals surface area contributed by atoms with Crippen molar-refractivity contribution in [2.45, 2.75) is 31.7 Å². The van der Waals surface area contributed by atoms with E-state index in [0.717, 1.165) is 87.5 Å². The van der Waals surface area contributed by atoms with Crippen molar-refractivity contribution in [2.75, 3.05) is 44.3 Å². The molecule has 3 heterocycles. The molecule has 1 aromatic carbocycles. The van der Waals surface area contributed by atoms with Crippen LogP contribution in [0.5, 0.6) is 0 Å². The van der Waals surface area contributed by atoms with E-state index in [4.69, 9.17) is 25.7 Å². The van der Waals surface area contributed by atoms with Gasteiger partial charge in [-0.25, -0.2) is 0 Å². The Bertz CT molecular complexity index is 805. The molecule has 0 aliphatic carbocycles. The number of hydrogen-bond donors (Lipinski definition) is 2. The molecule has 4 rings (SSSR count). The van der Waals surface area contributed by atoms with Crippen LogP contribution in [0.3, 0.4) is 0 Å². The van der Waals surface area contributed by atoms with Crippen LogP contribution in [0, 0.1) is 5.92 Å². The van der Waals surface area contributed by atoms with Crippen molar-refractivity contribution in [1.29, 1.82) is 0 Å². The second kappa shape index (κ2) is 10.7. The maximum absolute atomic E-state index is 6.43. The summed E-state index contributed by atoms with van der Waals surface area (Å²) in [6, 6.07) is 12.3. The third-order valence-corrected chi connectivity index (χ3v) is 6.05. The van der Waals surface area contributed by atoms with Gasteiger partial charge in [0.05, 0.1) is 23.6 Å².